The lowest BCUT2D eigenvalue weighted by molar-refractivity contribution is -0.153. The fraction of sp³-hybridized carbons (Fsp3) is 0.462. The van der Waals surface area contributed by atoms with Crippen LogP contribution in [0.5, 0.6) is 5.75 Å². The van der Waals surface area contributed by atoms with E-state index in [1.54, 1.807) is 31.2 Å². The molecule has 1 unspecified atom stereocenters. The van der Waals surface area contributed by atoms with E-state index in [1.165, 1.54) is 0 Å². The molecule has 18 heavy (non-hydrogen) atoms. The molecule has 5 nitrogen and oxygen atoms in total. The fourth-order valence-corrected chi connectivity index (χ4v) is 1.28. The zero-order valence-electron chi connectivity index (χ0n) is 10.7. The third kappa shape index (κ3) is 5.54. The van der Waals surface area contributed by atoms with Crippen LogP contribution < -0.4 is 10.5 Å². The Hall–Kier alpha value is -1.75. The lowest BCUT2D eigenvalue weighted by Crippen LogP contribution is -2.24. The Kier molecular flexibility index (Phi) is 6.00. The molecule has 0 aromatic heterocycles. The monoisotopic (exact) mass is 253 g/mol. The van der Waals surface area contributed by atoms with E-state index in [4.69, 9.17) is 19.9 Å². The molecule has 0 amide bonds. The minimum atomic E-state index is -0.418. The molecular formula is C13H19NO4. The first-order valence-corrected chi connectivity index (χ1v) is 5.87. The van der Waals surface area contributed by atoms with Gasteiger partial charge in [-0.05, 0) is 38.1 Å². The van der Waals surface area contributed by atoms with Gasteiger partial charge in [-0.25, -0.2) is 4.79 Å². The van der Waals surface area contributed by atoms with E-state index in [9.17, 15) is 4.79 Å². The third-order valence-electron chi connectivity index (χ3n) is 2.13. The van der Waals surface area contributed by atoms with Crippen LogP contribution in [0.1, 0.15) is 13.8 Å². The van der Waals surface area contributed by atoms with Crippen molar-refractivity contribution in [2.24, 2.45) is 0 Å². The molecule has 1 atom stereocenters. The smallest absolute Gasteiger partial charge is 0.344 e. The molecule has 5 heteroatoms. The SMILES string of the molecule is CCOCC(C)OC(=O)COc1ccc(N)cc1. The summed E-state index contributed by atoms with van der Waals surface area (Å²) < 4.78 is 15.5. The number of hydrogen-bond donors (Lipinski definition) is 1. The van der Waals surface area contributed by atoms with Crippen LogP contribution in [0.25, 0.3) is 0 Å². The average Bonchev–Trinajstić information content (AvgIpc) is 2.35. The van der Waals surface area contributed by atoms with Gasteiger partial charge < -0.3 is 19.9 Å². The molecule has 100 valence electrons. The number of benzene rings is 1. The molecule has 0 bridgehead atoms. The van der Waals surface area contributed by atoms with Gasteiger partial charge in [-0.15, -0.1) is 0 Å². The van der Waals surface area contributed by atoms with E-state index in [-0.39, 0.29) is 12.7 Å². The molecule has 0 saturated heterocycles. The van der Waals surface area contributed by atoms with E-state index in [2.05, 4.69) is 0 Å². The van der Waals surface area contributed by atoms with Gasteiger partial charge in [0.2, 0.25) is 0 Å². The second kappa shape index (κ2) is 7.55. The molecule has 1 aromatic carbocycles. The Morgan fingerprint density at radius 2 is 2.00 bits per heavy atom. The lowest BCUT2D eigenvalue weighted by atomic mass is 10.3. The number of anilines is 1. The second-order valence-electron chi connectivity index (χ2n) is 3.82. The first kappa shape index (κ1) is 14.3. The van der Waals surface area contributed by atoms with Crippen molar-refractivity contribution in [2.45, 2.75) is 20.0 Å². The number of nitrogen functional groups attached to an aromatic ring is 1. The Bertz CT molecular complexity index is 364. The summed E-state index contributed by atoms with van der Waals surface area (Å²) in [7, 11) is 0. The predicted octanol–water partition coefficient (Wildman–Crippen LogP) is 1.62. The molecule has 0 heterocycles. The summed E-state index contributed by atoms with van der Waals surface area (Å²) in [5.74, 6) is 0.164. The van der Waals surface area contributed by atoms with Gasteiger partial charge in [0.15, 0.2) is 6.61 Å². The second-order valence-corrected chi connectivity index (χ2v) is 3.82. The summed E-state index contributed by atoms with van der Waals surface area (Å²) in [6.07, 6.45) is -0.271. The van der Waals surface area contributed by atoms with Crippen LogP contribution in [0.2, 0.25) is 0 Å². The lowest BCUT2D eigenvalue weighted by Gasteiger charge is -2.13. The Morgan fingerprint density at radius 1 is 1.33 bits per heavy atom. The molecule has 0 aliphatic carbocycles. The summed E-state index contributed by atoms with van der Waals surface area (Å²) in [6.45, 7) is 4.53. The van der Waals surface area contributed by atoms with Gasteiger partial charge in [0.1, 0.15) is 11.9 Å². The van der Waals surface area contributed by atoms with Crippen LogP contribution in [0.4, 0.5) is 5.69 Å². The van der Waals surface area contributed by atoms with Crippen molar-refractivity contribution in [3.63, 3.8) is 0 Å². The minimum Gasteiger partial charge on any atom is -0.482 e. The van der Waals surface area contributed by atoms with Gasteiger partial charge >= 0.3 is 5.97 Å². The molecular weight excluding hydrogens is 234 g/mol. The summed E-state index contributed by atoms with van der Waals surface area (Å²) in [6, 6.07) is 6.81. The van der Waals surface area contributed by atoms with Crippen LogP contribution in [0, 0.1) is 0 Å². The molecule has 0 fully saturated rings. The van der Waals surface area contributed by atoms with Crippen molar-refractivity contribution in [1.29, 1.82) is 0 Å². The number of hydrogen-bond acceptors (Lipinski definition) is 5. The van der Waals surface area contributed by atoms with Gasteiger partial charge in [0, 0.05) is 12.3 Å². The maximum Gasteiger partial charge on any atom is 0.344 e. The van der Waals surface area contributed by atoms with Gasteiger partial charge in [-0.1, -0.05) is 0 Å². The summed E-state index contributed by atoms with van der Waals surface area (Å²) >= 11 is 0. The maximum atomic E-state index is 11.4. The van der Waals surface area contributed by atoms with Crippen molar-refractivity contribution >= 4 is 11.7 Å². The maximum absolute atomic E-state index is 11.4. The number of carbonyl (C=O) groups is 1. The number of nitrogens with two attached hydrogens (primary N) is 1. The molecule has 0 saturated carbocycles. The average molecular weight is 253 g/mol. The Morgan fingerprint density at radius 3 is 2.61 bits per heavy atom. The summed E-state index contributed by atoms with van der Waals surface area (Å²) in [4.78, 5) is 11.4. The zero-order chi connectivity index (χ0) is 13.4. The summed E-state index contributed by atoms with van der Waals surface area (Å²) in [5.41, 5.74) is 6.18. The topological polar surface area (TPSA) is 70.8 Å². The van der Waals surface area contributed by atoms with Crippen molar-refractivity contribution in [3.05, 3.63) is 24.3 Å². The standard InChI is InChI=1S/C13H19NO4/c1-3-16-8-10(2)18-13(15)9-17-12-6-4-11(14)5-7-12/h4-7,10H,3,8-9,14H2,1-2H3. The van der Waals surface area contributed by atoms with Crippen molar-refractivity contribution in [2.75, 3.05) is 25.6 Å². The van der Waals surface area contributed by atoms with Crippen LogP contribution in [0.15, 0.2) is 24.3 Å². The highest BCUT2D eigenvalue weighted by molar-refractivity contribution is 5.71. The molecule has 2 N–H and O–H groups in total. The first-order chi connectivity index (χ1) is 8.61. The van der Waals surface area contributed by atoms with E-state index in [0.29, 0.717) is 24.7 Å². The van der Waals surface area contributed by atoms with Crippen molar-refractivity contribution < 1.29 is 19.0 Å². The quantitative estimate of drug-likeness (QED) is 0.590. The van der Waals surface area contributed by atoms with Crippen LogP contribution in [0.3, 0.4) is 0 Å². The van der Waals surface area contributed by atoms with Crippen LogP contribution in [-0.4, -0.2) is 31.9 Å². The van der Waals surface area contributed by atoms with Gasteiger partial charge in [-0.2, -0.15) is 0 Å². The third-order valence-corrected chi connectivity index (χ3v) is 2.13. The minimum absolute atomic E-state index is 0.125. The first-order valence-electron chi connectivity index (χ1n) is 5.87. The normalized spacial score (nSPS) is 11.9. The molecule has 0 radical (unpaired) electrons. The van der Waals surface area contributed by atoms with Crippen LogP contribution >= 0.6 is 0 Å². The van der Waals surface area contributed by atoms with E-state index >= 15 is 0 Å². The molecule has 0 aliphatic heterocycles. The molecule has 1 rings (SSSR count). The van der Waals surface area contributed by atoms with E-state index < -0.39 is 5.97 Å². The predicted molar refractivity (Wildman–Crippen MR) is 68.4 cm³/mol. The largest absolute Gasteiger partial charge is 0.482 e. The van der Waals surface area contributed by atoms with Gasteiger partial charge in [0.05, 0.1) is 6.61 Å². The van der Waals surface area contributed by atoms with Gasteiger partial charge in [-0.3, -0.25) is 0 Å². The summed E-state index contributed by atoms with van der Waals surface area (Å²) in [5, 5.41) is 0. The highest BCUT2D eigenvalue weighted by Crippen LogP contribution is 2.12. The fourth-order valence-electron chi connectivity index (χ4n) is 1.28. The van der Waals surface area contributed by atoms with Gasteiger partial charge in [0.25, 0.3) is 0 Å². The van der Waals surface area contributed by atoms with Crippen molar-refractivity contribution in [1.82, 2.24) is 0 Å². The number of esters is 1. The molecule has 0 aliphatic rings. The number of carbonyl (C=O) groups excluding carboxylic acids is 1. The highest BCUT2D eigenvalue weighted by atomic mass is 16.6. The number of rotatable bonds is 7. The van der Waals surface area contributed by atoms with E-state index in [1.807, 2.05) is 6.92 Å². The van der Waals surface area contributed by atoms with Crippen LogP contribution in [-0.2, 0) is 14.3 Å². The van der Waals surface area contributed by atoms with Crippen molar-refractivity contribution in [3.8, 4) is 5.75 Å². The molecule has 0 spiro atoms. The Labute approximate surface area is 107 Å². The molecule has 1 aromatic rings. The Balaban J connectivity index is 2.26. The zero-order valence-corrected chi connectivity index (χ0v) is 10.7. The van der Waals surface area contributed by atoms with E-state index in [0.717, 1.165) is 0 Å². The number of ether oxygens (including phenoxy) is 3. The highest BCUT2D eigenvalue weighted by Gasteiger charge is 2.10.